The van der Waals surface area contributed by atoms with Gasteiger partial charge in [0.15, 0.2) is 11.2 Å². The van der Waals surface area contributed by atoms with E-state index in [9.17, 15) is 4.79 Å². The van der Waals surface area contributed by atoms with Crippen molar-refractivity contribution in [2.24, 2.45) is 0 Å². The van der Waals surface area contributed by atoms with Gasteiger partial charge in [-0.25, -0.2) is 9.97 Å². The summed E-state index contributed by atoms with van der Waals surface area (Å²) in [4.78, 5) is 21.6. The molecule has 0 N–H and O–H groups in total. The zero-order valence-electron chi connectivity index (χ0n) is 9.47. The van der Waals surface area contributed by atoms with Crippen LogP contribution < -0.4 is 0 Å². The maximum absolute atomic E-state index is 12.1. The smallest absolute Gasteiger partial charge is 0.278 e. The van der Waals surface area contributed by atoms with Crippen molar-refractivity contribution < 1.29 is 9.32 Å². The maximum Gasteiger partial charge on any atom is 0.278 e. The highest BCUT2D eigenvalue weighted by molar-refractivity contribution is 6.29. The highest BCUT2D eigenvalue weighted by atomic mass is 35.5. The van der Waals surface area contributed by atoms with Gasteiger partial charge in [0.1, 0.15) is 5.15 Å². The average Bonchev–Trinajstić information content (AvgIpc) is 2.73. The lowest BCUT2D eigenvalue weighted by molar-refractivity contribution is 0.0764. The average molecular weight is 255 g/mol. The van der Waals surface area contributed by atoms with Crippen LogP contribution in [-0.2, 0) is 0 Å². The molecular formula is C10H11ClN4O2. The molecule has 0 aromatic carbocycles. The fraction of sp³-hybridized carbons (Fsp3) is 0.400. The molecule has 0 bridgehead atoms. The molecular weight excluding hydrogens is 244 g/mol. The van der Waals surface area contributed by atoms with E-state index in [2.05, 4.69) is 15.1 Å². The molecule has 2 rings (SSSR count). The van der Waals surface area contributed by atoms with Crippen LogP contribution in [0.5, 0.6) is 0 Å². The molecule has 0 aliphatic rings. The molecule has 1 amide bonds. The van der Waals surface area contributed by atoms with Crippen LogP contribution in [0.4, 0.5) is 0 Å². The van der Waals surface area contributed by atoms with Crippen molar-refractivity contribution >= 4 is 28.7 Å². The van der Waals surface area contributed by atoms with E-state index in [1.165, 1.54) is 6.20 Å². The number of aromatic nitrogens is 3. The van der Waals surface area contributed by atoms with Gasteiger partial charge in [-0.2, -0.15) is 0 Å². The largest absolute Gasteiger partial charge is 0.338 e. The van der Waals surface area contributed by atoms with Crippen molar-refractivity contribution in [3.05, 3.63) is 17.0 Å². The monoisotopic (exact) mass is 254 g/mol. The summed E-state index contributed by atoms with van der Waals surface area (Å²) in [6.45, 7) is 4.97. The second-order valence-electron chi connectivity index (χ2n) is 3.36. The normalized spacial score (nSPS) is 10.8. The molecule has 2 heterocycles. The third-order valence-corrected chi connectivity index (χ3v) is 2.59. The number of amides is 1. The van der Waals surface area contributed by atoms with Gasteiger partial charge in [-0.3, -0.25) is 4.79 Å². The first-order valence-electron chi connectivity index (χ1n) is 5.24. The van der Waals surface area contributed by atoms with Gasteiger partial charge in [-0.15, -0.1) is 0 Å². The number of carbonyl (C=O) groups excluding carboxylic acids is 1. The van der Waals surface area contributed by atoms with E-state index < -0.39 is 0 Å². The fourth-order valence-corrected chi connectivity index (χ4v) is 1.64. The standard InChI is InChI=1S/C10H11ClN4O2/c1-3-15(4-2)10(16)8-7-9(17-14-8)12-5-6(11)13-7/h5H,3-4H2,1-2H3. The lowest BCUT2D eigenvalue weighted by atomic mass is 10.3. The van der Waals surface area contributed by atoms with Crippen molar-refractivity contribution in [2.45, 2.75) is 13.8 Å². The van der Waals surface area contributed by atoms with Crippen molar-refractivity contribution in [3.8, 4) is 0 Å². The summed E-state index contributed by atoms with van der Waals surface area (Å²) in [5, 5.41) is 3.91. The minimum absolute atomic E-state index is 0.152. The molecule has 0 aliphatic heterocycles. The Hall–Kier alpha value is -1.69. The van der Waals surface area contributed by atoms with Gasteiger partial charge in [-0.05, 0) is 13.8 Å². The van der Waals surface area contributed by atoms with Crippen LogP contribution in [0.25, 0.3) is 11.2 Å². The summed E-state index contributed by atoms with van der Waals surface area (Å²) in [6.07, 6.45) is 1.35. The summed E-state index contributed by atoms with van der Waals surface area (Å²) >= 11 is 5.73. The molecule has 17 heavy (non-hydrogen) atoms. The third-order valence-electron chi connectivity index (χ3n) is 2.41. The number of halogens is 1. The SMILES string of the molecule is CCN(CC)C(=O)c1noc2ncc(Cl)nc12. The van der Waals surface area contributed by atoms with Gasteiger partial charge in [-0.1, -0.05) is 16.8 Å². The van der Waals surface area contributed by atoms with E-state index in [1.54, 1.807) is 4.90 Å². The first-order valence-corrected chi connectivity index (χ1v) is 5.62. The first kappa shape index (κ1) is 11.8. The van der Waals surface area contributed by atoms with Gasteiger partial charge < -0.3 is 9.42 Å². The Bertz CT molecular complexity index is 550. The van der Waals surface area contributed by atoms with Crippen molar-refractivity contribution in [2.75, 3.05) is 13.1 Å². The molecule has 0 radical (unpaired) electrons. The number of rotatable bonds is 3. The maximum atomic E-state index is 12.1. The zero-order chi connectivity index (χ0) is 12.4. The van der Waals surface area contributed by atoms with E-state index in [-0.39, 0.29) is 22.5 Å². The van der Waals surface area contributed by atoms with Gasteiger partial charge in [0, 0.05) is 13.1 Å². The highest BCUT2D eigenvalue weighted by Gasteiger charge is 2.22. The van der Waals surface area contributed by atoms with E-state index in [4.69, 9.17) is 16.1 Å². The molecule has 0 atom stereocenters. The molecule has 0 saturated carbocycles. The molecule has 0 fully saturated rings. The van der Waals surface area contributed by atoms with E-state index >= 15 is 0 Å². The molecule has 6 nitrogen and oxygen atoms in total. The summed E-state index contributed by atoms with van der Waals surface area (Å²) in [5.41, 5.74) is 0.665. The number of carbonyl (C=O) groups is 1. The van der Waals surface area contributed by atoms with E-state index in [0.29, 0.717) is 18.6 Å². The third kappa shape index (κ3) is 2.08. The molecule has 0 saturated heterocycles. The van der Waals surface area contributed by atoms with E-state index in [1.807, 2.05) is 13.8 Å². The molecule has 2 aromatic rings. The Labute approximate surface area is 103 Å². The minimum atomic E-state index is -0.231. The Morgan fingerprint density at radius 3 is 2.82 bits per heavy atom. The molecule has 0 spiro atoms. The van der Waals surface area contributed by atoms with Crippen molar-refractivity contribution in [3.63, 3.8) is 0 Å². The topological polar surface area (TPSA) is 72.1 Å². The van der Waals surface area contributed by atoms with Crippen LogP contribution in [-0.4, -0.2) is 39.0 Å². The lowest BCUT2D eigenvalue weighted by Crippen LogP contribution is -2.30. The molecule has 0 unspecified atom stereocenters. The Balaban J connectivity index is 2.48. The predicted octanol–water partition coefficient (Wildman–Crippen LogP) is 1.75. The van der Waals surface area contributed by atoms with Gasteiger partial charge >= 0.3 is 0 Å². The van der Waals surface area contributed by atoms with Crippen LogP contribution in [0.3, 0.4) is 0 Å². The van der Waals surface area contributed by atoms with Gasteiger partial charge in [0.2, 0.25) is 0 Å². The molecule has 7 heteroatoms. The van der Waals surface area contributed by atoms with Crippen LogP contribution in [0.1, 0.15) is 24.3 Å². The van der Waals surface area contributed by atoms with Crippen molar-refractivity contribution in [1.29, 1.82) is 0 Å². The van der Waals surface area contributed by atoms with Crippen molar-refractivity contribution in [1.82, 2.24) is 20.0 Å². The Morgan fingerprint density at radius 1 is 1.47 bits per heavy atom. The predicted molar refractivity (Wildman–Crippen MR) is 61.9 cm³/mol. The second-order valence-corrected chi connectivity index (χ2v) is 3.74. The second kappa shape index (κ2) is 4.67. The van der Waals surface area contributed by atoms with Crippen LogP contribution in [0.15, 0.2) is 10.7 Å². The molecule has 0 aliphatic carbocycles. The minimum Gasteiger partial charge on any atom is -0.338 e. The summed E-state index contributed by atoms with van der Waals surface area (Å²) in [7, 11) is 0. The summed E-state index contributed by atoms with van der Waals surface area (Å²) in [6, 6.07) is 0. The number of nitrogens with zero attached hydrogens (tertiary/aromatic N) is 4. The fourth-order valence-electron chi connectivity index (χ4n) is 1.51. The molecule has 2 aromatic heterocycles. The molecule has 90 valence electrons. The lowest BCUT2D eigenvalue weighted by Gasteiger charge is -2.16. The quantitative estimate of drug-likeness (QED) is 0.834. The van der Waals surface area contributed by atoms with Crippen LogP contribution >= 0.6 is 11.6 Å². The summed E-state index contributed by atoms with van der Waals surface area (Å²) in [5.74, 6) is -0.231. The Kier molecular flexibility index (Phi) is 3.23. The van der Waals surface area contributed by atoms with Crippen LogP contribution in [0, 0.1) is 0 Å². The van der Waals surface area contributed by atoms with Gasteiger partial charge in [0.05, 0.1) is 6.20 Å². The number of hydrogen-bond acceptors (Lipinski definition) is 5. The highest BCUT2D eigenvalue weighted by Crippen LogP contribution is 2.17. The Morgan fingerprint density at radius 2 is 2.18 bits per heavy atom. The van der Waals surface area contributed by atoms with E-state index in [0.717, 1.165) is 0 Å². The summed E-state index contributed by atoms with van der Waals surface area (Å²) < 4.78 is 4.93. The zero-order valence-corrected chi connectivity index (χ0v) is 10.2. The number of fused-ring (bicyclic) bond motifs is 1. The van der Waals surface area contributed by atoms with Gasteiger partial charge in [0.25, 0.3) is 11.6 Å². The number of hydrogen-bond donors (Lipinski definition) is 0. The van der Waals surface area contributed by atoms with Crippen LogP contribution in [0.2, 0.25) is 5.15 Å². The first-order chi connectivity index (χ1) is 8.17.